The molecule has 0 fully saturated rings. The summed E-state index contributed by atoms with van der Waals surface area (Å²) < 4.78 is 4.73. The van der Waals surface area contributed by atoms with Gasteiger partial charge in [-0.15, -0.1) is 0 Å². The summed E-state index contributed by atoms with van der Waals surface area (Å²) in [6.45, 7) is 2.61. The summed E-state index contributed by atoms with van der Waals surface area (Å²) >= 11 is 3.29. The Morgan fingerprint density at radius 1 is 1.32 bits per heavy atom. The van der Waals surface area contributed by atoms with Gasteiger partial charge in [-0.1, -0.05) is 0 Å². The van der Waals surface area contributed by atoms with E-state index in [0.29, 0.717) is 28.9 Å². The minimum absolute atomic E-state index is 0.0651. The minimum atomic E-state index is -0.417. The van der Waals surface area contributed by atoms with Crippen LogP contribution in [0.3, 0.4) is 0 Å². The predicted molar refractivity (Wildman–Crippen MR) is 74.3 cm³/mol. The molecule has 0 spiro atoms. The van der Waals surface area contributed by atoms with Gasteiger partial charge < -0.3 is 9.67 Å². The Labute approximate surface area is 117 Å². The summed E-state index contributed by atoms with van der Waals surface area (Å²) in [5.74, 6) is 0. The van der Waals surface area contributed by atoms with Gasteiger partial charge in [-0.2, -0.15) is 0 Å². The molecule has 7 nitrogen and oxygen atoms in total. The van der Waals surface area contributed by atoms with Gasteiger partial charge in [-0.3, -0.25) is 13.9 Å². The Hall–Kier alpha value is -1.41. The number of aliphatic hydroxyl groups is 1. The molecule has 0 unspecified atom stereocenters. The van der Waals surface area contributed by atoms with E-state index in [9.17, 15) is 9.59 Å². The average molecular weight is 331 g/mol. The second-order valence-electron chi connectivity index (χ2n) is 4.17. The fourth-order valence-electron chi connectivity index (χ4n) is 2.06. The number of nitrogens with zero attached hydrogens (tertiary/aromatic N) is 4. The topological polar surface area (TPSA) is 82.1 Å². The standard InChI is InChI=1S/C11H15BrN4O3/c1-3-15-7-8(13-10(15)12)14(2)11(19)16(9(7)18)5-4-6-17/h17H,3-6H2,1-2H3. The van der Waals surface area contributed by atoms with Gasteiger partial charge in [0.05, 0.1) is 0 Å². The van der Waals surface area contributed by atoms with Crippen molar-refractivity contribution < 1.29 is 5.11 Å². The summed E-state index contributed by atoms with van der Waals surface area (Å²) in [6, 6.07) is 0. The van der Waals surface area contributed by atoms with E-state index >= 15 is 0 Å². The molecule has 104 valence electrons. The molecule has 0 radical (unpaired) electrons. The van der Waals surface area contributed by atoms with Crippen LogP contribution in [0.2, 0.25) is 0 Å². The minimum Gasteiger partial charge on any atom is -0.396 e. The molecule has 2 heterocycles. The first kappa shape index (κ1) is 14.0. The normalized spacial score (nSPS) is 11.4. The van der Waals surface area contributed by atoms with Gasteiger partial charge >= 0.3 is 5.69 Å². The molecule has 2 rings (SSSR count). The van der Waals surface area contributed by atoms with Crippen LogP contribution in [-0.2, 0) is 20.1 Å². The first-order valence-corrected chi connectivity index (χ1v) is 6.78. The van der Waals surface area contributed by atoms with E-state index in [0.717, 1.165) is 4.57 Å². The summed E-state index contributed by atoms with van der Waals surface area (Å²) in [5, 5.41) is 8.85. The van der Waals surface area contributed by atoms with E-state index in [4.69, 9.17) is 5.11 Å². The Morgan fingerprint density at radius 2 is 2.00 bits per heavy atom. The molecule has 0 atom stereocenters. The third-order valence-electron chi connectivity index (χ3n) is 3.04. The lowest BCUT2D eigenvalue weighted by atomic mass is 10.4. The molecule has 1 N–H and O–H groups in total. The number of hydrogen-bond acceptors (Lipinski definition) is 4. The smallest absolute Gasteiger partial charge is 0.332 e. The van der Waals surface area contributed by atoms with Crippen LogP contribution in [0.5, 0.6) is 0 Å². The molecule has 2 aromatic heterocycles. The van der Waals surface area contributed by atoms with Gasteiger partial charge in [0.15, 0.2) is 15.9 Å². The SMILES string of the molecule is CCn1c(Br)nc2c1c(=O)n(CCCO)c(=O)n2C. The molecule has 0 aliphatic rings. The zero-order valence-electron chi connectivity index (χ0n) is 10.8. The predicted octanol–water partition coefficient (Wildman–Crippen LogP) is 0.0615. The van der Waals surface area contributed by atoms with Crippen LogP contribution in [0.1, 0.15) is 13.3 Å². The van der Waals surface area contributed by atoms with Crippen LogP contribution in [0.25, 0.3) is 11.2 Å². The third-order valence-corrected chi connectivity index (χ3v) is 3.65. The highest BCUT2D eigenvalue weighted by molar-refractivity contribution is 9.10. The zero-order chi connectivity index (χ0) is 14.2. The van der Waals surface area contributed by atoms with E-state index in [1.807, 2.05) is 6.92 Å². The quantitative estimate of drug-likeness (QED) is 0.804. The van der Waals surface area contributed by atoms with Gasteiger partial charge in [-0.25, -0.2) is 9.78 Å². The van der Waals surface area contributed by atoms with Crippen LogP contribution < -0.4 is 11.2 Å². The third kappa shape index (κ3) is 2.14. The molecular formula is C11H15BrN4O3. The molecule has 0 aromatic carbocycles. The fourth-order valence-corrected chi connectivity index (χ4v) is 2.66. The molecule has 2 aromatic rings. The molecule has 0 aliphatic carbocycles. The number of aryl methyl sites for hydroxylation is 2. The largest absolute Gasteiger partial charge is 0.396 e. The van der Waals surface area contributed by atoms with E-state index < -0.39 is 5.69 Å². The van der Waals surface area contributed by atoms with Crippen molar-refractivity contribution >= 4 is 27.1 Å². The number of halogens is 1. The van der Waals surface area contributed by atoms with E-state index in [2.05, 4.69) is 20.9 Å². The molecule has 0 saturated heterocycles. The van der Waals surface area contributed by atoms with Gasteiger partial charge in [0.2, 0.25) is 0 Å². The highest BCUT2D eigenvalue weighted by Crippen LogP contribution is 2.15. The summed E-state index contributed by atoms with van der Waals surface area (Å²) in [4.78, 5) is 28.7. The van der Waals surface area contributed by atoms with E-state index in [-0.39, 0.29) is 18.7 Å². The Morgan fingerprint density at radius 3 is 2.58 bits per heavy atom. The number of imidazole rings is 1. The molecule has 0 aliphatic heterocycles. The Balaban J connectivity index is 2.86. The number of aromatic nitrogens is 4. The highest BCUT2D eigenvalue weighted by Gasteiger charge is 2.17. The second-order valence-corrected chi connectivity index (χ2v) is 4.88. The van der Waals surface area contributed by atoms with Gasteiger partial charge in [0, 0.05) is 26.7 Å². The van der Waals surface area contributed by atoms with Crippen molar-refractivity contribution in [2.75, 3.05) is 6.61 Å². The maximum atomic E-state index is 12.4. The van der Waals surface area contributed by atoms with Crippen LogP contribution >= 0.6 is 15.9 Å². The lowest BCUT2D eigenvalue weighted by Gasteiger charge is -2.08. The average Bonchev–Trinajstić information content (AvgIpc) is 2.73. The molecule has 0 saturated carbocycles. The van der Waals surface area contributed by atoms with Crippen molar-refractivity contribution in [3.05, 3.63) is 25.6 Å². The number of rotatable bonds is 4. The van der Waals surface area contributed by atoms with Crippen LogP contribution in [0.4, 0.5) is 0 Å². The summed E-state index contributed by atoms with van der Waals surface area (Å²) in [6.07, 6.45) is 0.363. The number of fused-ring (bicyclic) bond motifs is 1. The molecule has 8 heteroatoms. The van der Waals surface area contributed by atoms with Crippen LogP contribution in [0, 0.1) is 0 Å². The van der Waals surface area contributed by atoms with Gasteiger partial charge in [-0.05, 0) is 29.3 Å². The number of aliphatic hydroxyl groups excluding tert-OH is 1. The molecular weight excluding hydrogens is 316 g/mol. The van der Waals surface area contributed by atoms with E-state index in [1.54, 1.807) is 11.6 Å². The first-order valence-electron chi connectivity index (χ1n) is 5.99. The first-order chi connectivity index (χ1) is 9.02. The lowest BCUT2D eigenvalue weighted by molar-refractivity contribution is 0.277. The number of hydrogen-bond donors (Lipinski definition) is 1. The van der Waals surface area contributed by atoms with Gasteiger partial charge in [0.25, 0.3) is 5.56 Å². The van der Waals surface area contributed by atoms with E-state index in [1.165, 1.54) is 4.57 Å². The van der Waals surface area contributed by atoms with Crippen molar-refractivity contribution in [2.24, 2.45) is 7.05 Å². The van der Waals surface area contributed by atoms with Crippen LogP contribution in [-0.4, -0.2) is 30.4 Å². The lowest BCUT2D eigenvalue weighted by Crippen LogP contribution is -2.39. The van der Waals surface area contributed by atoms with Crippen molar-refractivity contribution in [1.82, 2.24) is 18.7 Å². The zero-order valence-corrected chi connectivity index (χ0v) is 12.3. The van der Waals surface area contributed by atoms with Crippen LogP contribution in [0.15, 0.2) is 14.3 Å². The maximum absolute atomic E-state index is 12.4. The monoisotopic (exact) mass is 330 g/mol. The maximum Gasteiger partial charge on any atom is 0.332 e. The molecule has 19 heavy (non-hydrogen) atoms. The van der Waals surface area contributed by atoms with Crippen molar-refractivity contribution in [2.45, 2.75) is 26.4 Å². The highest BCUT2D eigenvalue weighted by atomic mass is 79.9. The molecule has 0 amide bonds. The van der Waals surface area contributed by atoms with Crippen molar-refractivity contribution in [1.29, 1.82) is 0 Å². The van der Waals surface area contributed by atoms with Crippen molar-refractivity contribution in [3.8, 4) is 0 Å². The molecule has 0 bridgehead atoms. The Bertz CT molecular complexity index is 728. The fraction of sp³-hybridized carbons (Fsp3) is 0.545. The van der Waals surface area contributed by atoms with Gasteiger partial charge in [0.1, 0.15) is 0 Å². The Kier molecular flexibility index (Phi) is 3.91. The second kappa shape index (κ2) is 5.30. The van der Waals surface area contributed by atoms with Crippen molar-refractivity contribution in [3.63, 3.8) is 0 Å². The summed E-state index contributed by atoms with van der Waals surface area (Å²) in [5.41, 5.74) is -0.0239. The summed E-state index contributed by atoms with van der Waals surface area (Å²) in [7, 11) is 1.58.